The van der Waals surface area contributed by atoms with Gasteiger partial charge >= 0.3 is 0 Å². The quantitative estimate of drug-likeness (QED) is 0.595. The molecule has 3 rings (SSSR count). The maximum absolute atomic E-state index is 12.6. The van der Waals surface area contributed by atoms with Gasteiger partial charge in [0.15, 0.2) is 0 Å². The first-order valence-electron chi connectivity index (χ1n) is 7.84. The van der Waals surface area contributed by atoms with Gasteiger partial charge in [-0.2, -0.15) is 4.31 Å². The number of carbonyl (C=O) groups is 1. The lowest BCUT2D eigenvalue weighted by Gasteiger charge is -2.34. The molecule has 2 aliphatic rings. The molecule has 2 fully saturated rings. The summed E-state index contributed by atoms with van der Waals surface area (Å²) in [5, 5.41) is 10.7. The molecule has 0 bridgehead atoms. The Labute approximate surface area is 140 Å². The zero-order valence-corrected chi connectivity index (χ0v) is 14.1. The van der Waals surface area contributed by atoms with Crippen molar-refractivity contribution in [1.29, 1.82) is 0 Å². The smallest absolute Gasteiger partial charge is 0.269 e. The molecule has 1 aromatic carbocycles. The van der Waals surface area contributed by atoms with E-state index in [9.17, 15) is 23.3 Å². The third kappa shape index (κ3) is 3.13. The van der Waals surface area contributed by atoms with Gasteiger partial charge in [0.2, 0.25) is 15.9 Å². The summed E-state index contributed by atoms with van der Waals surface area (Å²) >= 11 is 0. The van der Waals surface area contributed by atoms with Gasteiger partial charge in [0.05, 0.1) is 9.82 Å². The van der Waals surface area contributed by atoms with Crippen molar-refractivity contribution >= 4 is 21.6 Å². The second kappa shape index (κ2) is 6.14. The number of nitro benzene ring substituents is 1. The predicted molar refractivity (Wildman–Crippen MR) is 85.7 cm³/mol. The van der Waals surface area contributed by atoms with Crippen molar-refractivity contribution in [2.45, 2.75) is 18.2 Å². The van der Waals surface area contributed by atoms with Crippen molar-refractivity contribution in [3.63, 3.8) is 0 Å². The molecule has 1 heterocycles. The molecular weight excluding hydrogens is 334 g/mol. The fourth-order valence-corrected chi connectivity index (χ4v) is 4.36. The molecule has 130 valence electrons. The number of non-ortho nitro benzene ring substituents is 1. The molecule has 1 amide bonds. The van der Waals surface area contributed by atoms with E-state index < -0.39 is 14.9 Å². The Bertz CT molecular complexity index is 754. The van der Waals surface area contributed by atoms with E-state index in [2.05, 4.69) is 0 Å². The summed E-state index contributed by atoms with van der Waals surface area (Å²) in [4.78, 5) is 24.0. The molecule has 0 aromatic heterocycles. The van der Waals surface area contributed by atoms with E-state index >= 15 is 0 Å². The van der Waals surface area contributed by atoms with Crippen LogP contribution in [0, 0.1) is 22.0 Å². The number of amides is 1. The van der Waals surface area contributed by atoms with Crippen LogP contribution in [0.15, 0.2) is 29.2 Å². The highest BCUT2D eigenvalue weighted by Gasteiger charge is 2.42. The van der Waals surface area contributed by atoms with Crippen LogP contribution in [0.5, 0.6) is 0 Å². The molecule has 1 aliphatic heterocycles. The fourth-order valence-electron chi connectivity index (χ4n) is 2.94. The van der Waals surface area contributed by atoms with Crippen molar-refractivity contribution in [2.75, 3.05) is 26.2 Å². The monoisotopic (exact) mass is 353 g/mol. The van der Waals surface area contributed by atoms with Crippen molar-refractivity contribution in [2.24, 2.45) is 11.8 Å². The average Bonchev–Trinajstić information content (AvgIpc) is 3.31. The molecule has 1 saturated heterocycles. The van der Waals surface area contributed by atoms with Crippen LogP contribution in [0.4, 0.5) is 5.69 Å². The van der Waals surface area contributed by atoms with Crippen LogP contribution >= 0.6 is 0 Å². The summed E-state index contributed by atoms with van der Waals surface area (Å²) in [5.41, 5.74) is -0.150. The number of hydrogen-bond acceptors (Lipinski definition) is 5. The number of nitrogens with zero attached hydrogens (tertiary/aromatic N) is 3. The van der Waals surface area contributed by atoms with Gasteiger partial charge in [-0.15, -0.1) is 0 Å². The van der Waals surface area contributed by atoms with Gasteiger partial charge in [0, 0.05) is 44.2 Å². The molecule has 1 aromatic rings. The molecule has 1 saturated carbocycles. The number of rotatable bonds is 4. The normalized spacial score (nSPS) is 24.6. The van der Waals surface area contributed by atoms with E-state index in [1.54, 1.807) is 4.90 Å². The van der Waals surface area contributed by atoms with Crippen LogP contribution in [0.2, 0.25) is 0 Å². The number of nitro groups is 1. The van der Waals surface area contributed by atoms with Crippen molar-refractivity contribution in [1.82, 2.24) is 9.21 Å². The van der Waals surface area contributed by atoms with Crippen LogP contribution in [0.25, 0.3) is 0 Å². The lowest BCUT2D eigenvalue weighted by molar-refractivity contribution is -0.384. The molecule has 0 unspecified atom stereocenters. The van der Waals surface area contributed by atoms with Gasteiger partial charge in [-0.05, 0) is 24.5 Å². The van der Waals surface area contributed by atoms with Gasteiger partial charge in [0.25, 0.3) is 5.69 Å². The lowest BCUT2D eigenvalue weighted by atomic mass is 10.2. The zero-order chi connectivity index (χ0) is 17.5. The third-order valence-electron chi connectivity index (χ3n) is 4.66. The van der Waals surface area contributed by atoms with Gasteiger partial charge in [0.1, 0.15) is 0 Å². The molecule has 24 heavy (non-hydrogen) atoms. The minimum Gasteiger partial charge on any atom is -0.340 e. The van der Waals surface area contributed by atoms with E-state index in [0.717, 1.165) is 6.42 Å². The topological polar surface area (TPSA) is 101 Å². The molecule has 8 nitrogen and oxygen atoms in total. The van der Waals surface area contributed by atoms with Gasteiger partial charge < -0.3 is 4.90 Å². The number of benzene rings is 1. The molecule has 9 heteroatoms. The van der Waals surface area contributed by atoms with Crippen molar-refractivity contribution in [3.8, 4) is 0 Å². The van der Waals surface area contributed by atoms with Crippen LogP contribution in [0.3, 0.4) is 0 Å². The standard InChI is InChI=1S/C15H19N3O5S/c1-11-10-14(11)15(19)16-6-8-17(9-7-16)24(22,23)13-4-2-12(3-5-13)18(20)21/h2-5,11,14H,6-10H2,1H3/t11-,14+/m1/s1. The van der Waals surface area contributed by atoms with E-state index in [0.29, 0.717) is 19.0 Å². The Hall–Kier alpha value is -2.00. The number of hydrogen-bond donors (Lipinski definition) is 0. The van der Waals surface area contributed by atoms with Gasteiger partial charge in [-0.3, -0.25) is 14.9 Å². The summed E-state index contributed by atoms with van der Waals surface area (Å²) in [7, 11) is -3.70. The van der Waals surface area contributed by atoms with E-state index in [4.69, 9.17) is 0 Å². The van der Waals surface area contributed by atoms with Crippen LogP contribution in [-0.2, 0) is 14.8 Å². The second-order valence-electron chi connectivity index (χ2n) is 6.30. The van der Waals surface area contributed by atoms with E-state index in [-0.39, 0.29) is 35.5 Å². The zero-order valence-electron chi connectivity index (χ0n) is 13.3. The largest absolute Gasteiger partial charge is 0.340 e. The Morgan fingerprint density at radius 1 is 1.17 bits per heavy atom. The lowest BCUT2D eigenvalue weighted by Crippen LogP contribution is -2.51. The SMILES string of the molecule is C[C@@H]1C[C@@H]1C(=O)N1CCN(S(=O)(=O)c2ccc([N+](=O)[O-])cc2)CC1. The van der Waals surface area contributed by atoms with Crippen molar-refractivity contribution < 1.29 is 18.1 Å². The summed E-state index contributed by atoms with van der Waals surface area (Å²) in [6.45, 7) is 3.29. The van der Waals surface area contributed by atoms with E-state index in [1.807, 2.05) is 6.92 Å². The number of sulfonamides is 1. The van der Waals surface area contributed by atoms with Gasteiger partial charge in [-0.25, -0.2) is 8.42 Å². The Balaban J connectivity index is 1.66. The predicted octanol–water partition coefficient (Wildman–Crippen LogP) is 1.08. The van der Waals surface area contributed by atoms with Crippen LogP contribution < -0.4 is 0 Å². The summed E-state index contributed by atoms with van der Waals surface area (Å²) < 4.78 is 26.5. The fraction of sp³-hybridized carbons (Fsp3) is 0.533. The highest BCUT2D eigenvalue weighted by Crippen LogP contribution is 2.39. The minimum atomic E-state index is -3.70. The first-order valence-corrected chi connectivity index (χ1v) is 9.28. The van der Waals surface area contributed by atoms with Gasteiger partial charge in [-0.1, -0.05) is 6.92 Å². The number of piperazine rings is 1. The maximum atomic E-state index is 12.6. The Kier molecular flexibility index (Phi) is 4.31. The van der Waals surface area contributed by atoms with Crippen LogP contribution in [0.1, 0.15) is 13.3 Å². The Morgan fingerprint density at radius 3 is 2.17 bits per heavy atom. The first kappa shape index (κ1) is 16.8. The highest BCUT2D eigenvalue weighted by atomic mass is 32.2. The maximum Gasteiger partial charge on any atom is 0.269 e. The minimum absolute atomic E-state index is 0.0312. The molecular formula is C15H19N3O5S. The molecule has 1 aliphatic carbocycles. The third-order valence-corrected chi connectivity index (χ3v) is 6.58. The molecule has 2 atom stereocenters. The van der Waals surface area contributed by atoms with Crippen LogP contribution in [-0.4, -0.2) is 54.6 Å². The molecule has 0 N–H and O–H groups in total. The summed E-state index contributed by atoms with van der Waals surface area (Å²) in [6, 6.07) is 4.86. The molecule has 0 radical (unpaired) electrons. The summed E-state index contributed by atoms with van der Waals surface area (Å²) in [6.07, 6.45) is 0.917. The Morgan fingerprint density at radius 2 is 1.71 bits per heavy atom. The summed E-state index contributed by atoms with van der Waals surface area (Å²) in [5.74, 6) is 0.650. The number of carbonyl (C=O) groups excluding carboxylic acids is 1. The average molecular weight is 353 g/mol. The second-order valence-corrected chi connectivity index (χ2v) is 8.24. The molecule has 0 spiro atoms. The highest BCUT2D eigenvalue weighted by molar-refractivity contribution is 7.89. The van der Waals surface area contributed by atoms with E-state index in [1.165, 1.54) is 28.6 Å². The first-order chi connectivity index (χ1) is 11.3. The van der Waals surface area contributed by atoms with Crippen molar-refractivity contribution in [3.05, 3.63) is 34.4 Å².